The van der Waals surface area contributed by atoms with Crippen LogP contribution in [-0.4, -0.2) is 37.0 Å². The predicted octanol–water partition coefficient (Wildman–Crippen LogP) is 2.33. The molecule has 0 unspecified atom stereocenters. The largest absolute Gasteiger partial charge is 0.493 e. The van der Waals surface area contributed by atoms with E-state index in [9.17, 15) is 4.79 Å². The summed E-state index contributed by atoms with van der Waals surface area (Å²) in [6.45, 7) is 4.32. The van der Waals surface area contributed by atoms with Crippen molar-refractivity contribution in [2.24, 2.45) is 5.10 Å². The number of hydrogen-bond donors (Lipinski definition) is 2. The van der Waals surface area contributed by atoms with E-state index in [2.05, 4.69) is 20.5 Å². The summed E-state index contributed by atoms with van der Waals surface area (Å²) >= 11 is 0. The number of rotatable bonds is 8. The van der Waals surface area contributed by atoms with Gasteiger partial charge in [0.05, 0.1) is 27.0 Å². The number of hydrazone groups is 1. The molecule has 0 spiro atoms. The van der Waals surface area contributed by atoms with E-state index in [-0.39, 0.29) is 11.5 Å². The highest BCUT2D eigenvalue weighted by atomic mass is 16.5. The monoisotopic (exact) mass is 346 g/mol. The molecule has 0 aliphatic carbocycles. The molecule has 0 atom stereocenters. The minimum atomic E-state index is -0.244. The molecular weight excluding hydrogens is 324 g/mol. The van der Waals surface area contributed by atoms with Crippen LogP contribution in [0.5, 0.6) is 17.2 Å². The van der Waals surface area contributed by atoms with Crippen LogP contribution in [0.3, 0.4) is 0 Å². The molecule has 2 rings (SSSR count). The van der Waals surface area contributed by atoms with E-state index >= 15 is 0 Å². The summed E-state index contributed by atoms with van der Waals surface area (Å²) in [4.78, 5) is 18.1. The molecular formula is C17H22N4O4. The molecule has 8 nitrogen and oxygen atoms in total. The molecule has 8 heteroatoms. The molecule has 0 fully saturated rings. The van der Waals surface area contributed by atoms with Crippen LogP contribution in [0.2, 0.25) is 0 Å². The van der Waals surface area contributed by atoms with Crippen molar-refractivity contribution in [2.45, 2.75) is 20.3 Å². The van der Waals surface area contributed by atoms with Crippen LogP contribution in [0.1, 0.15) is 24.6 Å². The number of H-pyrrole nitrogens is 1. The Morgan fingerprint density at radius 1 is 1.24 bits per heavy atom. The van der Waals surface area contributed by atoms with Crippen molar-refractivity contribution >= 4 is 12.2 Å². The van der Waals surface area contributed by atoms with Gasteiger partial charge in [-0.15, -0.1) is 0 Å². The van der Waals surface area contributed by atoms with Crippen molar-refractivity contribution in [3.63, 3.8) is 0 Å². The molecule has 0 bridgehead atoms. The first-order chi connectivity index (χ1) is 12.1. The molecule has 0 amide bonds. The Morgan fingerprint density at radius 2 is 1.92 bits per heavy atom. The van der Waals surface area contributed by atoms with Gasteiger partial charge in [-0.2, -0.15) is 5.10 Å². The van der Waals surface area contributed by atoms with Gasteiger partial charge in [0.15, 0.2) is 11.5 Å². The Morgan fingerprint density at radius 3 is 2.48 bits per heavy atom. The van der Waals surface area contributed by atoms with Crippen molar-refractivity contribution < 1.29 is 14.2 Å². The maximum Gasteiger partial charge on any atom is 0.252 e. The van der Waals surface area contributed by atoms with E-state index in [4.69, 9.17) is 14.2 Å². The molecule has 0 saturated carbocycles. The third-order valence-corrected chi connectivity index (χ3v) is 3.19. The van der Waals surface area contributed by atoms with Gasteiger partial charge in [-0.3, -0.25) is 9.78 Å². The molecule has 0 aliphatic rings. The maximum atomic E-state index is 11.4. The average molecular weight is 346 g/mol. The maximum absolute atomic E-state index is 11.4. The molecule has 25 heavy (non-hydrogen) atoms. The fraction of sp³-hybridized carbons (Fsp3) is 0.353. The minimum absolute atomic E-state index is 0.244. The van der Waals surface area contributed by atoms with Gasteiger partial charge in [-0.1, -0.05) is 6.92 Å². The number of benzene rings is 1. The minimum Gasteiger partial charge on any atom is -0.493 e. The average Bonchev–Trinajstić information content (AvgIpc) is 2.58. The second kappa shape index (κ2) is 8.72. The number of anilines is 1. The standard InChI is InChI=1S/C17H22N4O4/c1-5-6-25-16-13(23-3)8-12(9-14(16)24-4)10-18-21-17-19-11(2)7-15(22)20-17/h7-10H,5-6H2,1-4H3,(H2,19,20,21,22)/b18-10-. The summed E-state index contributed by atoms with van der Waals surface area (Å²) in [7, 11) is 3.13. The van der Waals surface area contributed by atoms with Gasteiger partial charge >= 0.3 is 0 Å². The fourth-order valence-electron chi connectivity index (χ4n) is 2.12. The molecule has 2 N–H and O–H groups in total. The molecule has 0 saturated heterocycles. The number of methoxy groups -OCH3 is 2. The van der Waals surface area contributed by atoms with Crippen LogP contribution in [-0.2, 0) is 0 Å². The zero-order valence-corrected chi connectivity index (χ0v) is 14.8. The van der Waals surface area contributed by atoms with Crippen LogP contribution in [0.25, 0.3) is 0 Å². The highest BCUT2D eigenvalue weighted by Gasteiger charge is 2.13. The number of ether oxygens (including phenoxy) is 3. The van der Waals surface area contributed by atoms with Crippen molar-refractivity contribution in [1.29, 1.82) is 0 Å². The lowest BCUT2D eigenvalue weighted by atomic mass is 10.2. The number of hydrogen-bond acceptors (Lipinski definition) is 7. The Bertz CT molecular complexity index is 776. The van der Waals surface area contributed by atoms with Crippen LogP contribution in [0.4, 0.5) is 5.95 Å². The predicted molar refractivity (Wildman–Crippen MR) is 96.1 cm³/mol. The zero-order valence-electron chi connectivity index (χ0n) is 14.8. The van der Waals surface area contributed by atoms with Crippen LogP contribution >= 0.6 is 0 Å². The molecule has 0 radical (unpaired) electrons. The number of nitrogens with one attached hydrogen (secondary N) is 2. The molecule has 134 valence electrons. The number of aryl methyl sites for hydroxylation is 1. The van der Waals surface area contributed by atoms with Gasteiger partial charge in [0.1, 0.15) is 0 Å². The highest BCUT2D eigenvalue weighted by molar-refractivity contribution is 5.82. The summed E-state index contributed by atoms with van der Waals surface area (Å²) in [5, 5.41) is 4.08. The smallest absolute Gasteiger partial charge is 0.252 e. The lowest BCUT2D eigenvalue weighted by molar-refractivity contribution is 0.275. The normalized spacial score (nSPS) is 10.7. The van der Waals surface area contributed by atoms with Gasteiger partial charge in [0, 0.05) is 17.3 Å². The van der Waals surface area contributed by atoms with E-state index in [0.717, 1.165) is 12.0 Å². The number of nitrogens with zero attached hydrogens (tertiary/aromatic N) is 2. The third kappa shape index (κ3) is 4.97. The molecule has 0 aliphatic heterocycles. The van der Waals surface area contributed by atoms with Gasteiger partial charge < -0.3 is 14.2 Å². The molecule has 2 aromatic rings. The summed E-state index contributed by atoms with van der Waals surface area (Å²) in [6.07, 6.45) is 2.44. The molecule has 1 aromatic heterocycles. The Balaban J connectivity index is 2.22. The van der Waals surface area contributed by atoms with Crippen molar-refractivity contribution in [3.8, 4) is 17.2 Å². The third-order valence-electron chi connectivity index (χ3n) is 3.19. The molecule has 1 heterocycles. The summed E-state index contributed by atoms with van der Waals surface area (Å²) in [5.74, 6) is 1.93. The van der Waals surface area contributed by atoms with Crippen LogP contribution in [0, 0.1) is 6.92 Å². The second-order valence-electron chi connectivity index (χ2n) is 5.21. The highest BCUT2D eigenvalue weighted by Crippen LogP contribution is 2.38. The Hall–Kier alpha value is -3.03. The van der Waals surface area contributed by atoms with Gasteiger partial charge in [0.2, 0.25) is 11.7 Å². The second-order valence-corrected chi connectivity index (χ2v) is 5.21. The van der Waals surface area contributed by atoms with E-state index in [1.165, 1.54) is 6.07 Å². The van der Waals surface area contributed by atoms with E-state index in [0.29, 0.717) is 29.5 Å². The van der Waals surface area contributed by atoms with E-state index in [1.54, 1.807) is 39.5 Å². The number of aromatic nitrogens is 2. The lowest BCUT2D eigenvalue weighted by Crippen LogP contribution is -2.10. The first kappa shape index (κ1) is 18.3. The van der Waals surface area contributed by atoms with Crippen LogP contribution in [0.15, 0.2) is 28.1 Å². The van der Waals surface area contributed by atoms with Crippen molar-refractivity contribution in [3.05, 3.63) is 39.8 Å². The van der Waals surface area contributed by atoms with Crippen molar-refractivity contribution in [1.82, 2.24) is 9.97 Å². The van der Waals surface area contributed by atoms with Crippen molar-refractivity contribution in [2.75, 3.05) is 26.3 Å². The zero-order chi connectivity index (χ0) is 18.2. The summed E-state index contributed by atoms with van der Waals surface area (Å²) in [5.41, 5.74) is 3.78. The first-order valence-corrected chi connectivity index (χ1v) is 7.83. The molecule has 1 aromatic carbocycles. The van der Waals surface area contributed by atoms with Gasteiger partial charge in [-0.05, 0) is 25.5 Å². The summed E-state index contributed by atoms with van der Waals surface area (Å²) in [6, 6.07) is 4.97. The van der Waals surface area contributed by atoms with Crippen LogP contribution < -0.4 is 25.2 Å². The fourth-order valence-corrected chi connectivity index (χ4v) is 2.12. The Kier molecular flexibility index (Phi) is 6.39. The van der Waals surface area contributed by atoms with Gasteiger partial charge in [0.25, 0.3) is 5.56 Å². The quantitative estimate of drug-likeness (QED) is 0.562. The lowest BCUT2D eigenvalue weighted by Gasteiger charge is -2.14. The van der Waals surface area contributed by atoms with Gasteiger partial charge in [-0.25, -0.2) is 10.4 Å². The number of aromatic amines is 1. The first-order valence-electron chi connectivity index (χ1n) is 7.83. The topological polar surface area (TPSA) is 97.8 Å². The van der Waals surface area contributed by atoms with E-state index in [1.807, 2.05) is 6.92 Å². The SMILES string of the molecule is CCCOc1c(OC)cc(/C=N\Nc2nc(C)cc(=O)[nH]2)cc1OC. The summed E-state index contributed by atoms with van der Waals surface area (Å²) < 4.78 is 16.4. The van der Waals surface area contributed by atoms with E-state index < -0.39 is 0 Å². The Labute approximate surface area is 145 Å².